The Morgan fingerprint density at radius 1 is 1.25 bits per heavy atom. The van der Waals surface area contributed by atoms with Gasteiger partial charge in [-0.25, -0.2) is 0 Å². The van der Waals surface area contributed by atoms with Crippen molar-refractivity contribution >= 4 is 11.8 Å². The van der Waals surface area contributed by atoms with Gasteiger partial charge in [0, 0.05) is 17.9 Å². The minimum Gasteiger partial charge on any atom is -0.411 e. The summed E-state index contributed by atoms with van der Waals surface area (Å²) in [5, 5.41) is 8.86. The molecule has 0 saturated carbocycles. The van der Waals surface area contributed by atoms with Crippen molar-refractivity contribution in [2.24, 2.45) is 0 Å². The molecular weight excluding hydrogens is 272 g/mol. The van der Waals surface area contributed by atoms with Gasteiger partial charge >= 0.3 is 0 Å². The van der Waals surface area contributed by atoms with Gasteiger partial charge in [-0.15, -0.1) is 10.2 Å². The summed E-state index contributed by atoms with van der Waals surface area (Å²) in [6, 6.07) is 8.03. The Bertz CT molecular complexity index is 565. The minimum absolute atomic E-state index is 0.322. The smallest absolute Gasteiger partial charge is 0.276 e. The molecule has 1 fully saturated rings. The fourth-order valence-electron chi connectivity index (χ4n) is 2.29. The molecule has 1 atom stereocenters. The van der Waals surface area contributed by atoms with Crippen LogP contribution in [0.1, 0.15) is 24.8 Å². The highest BCUT2D eigenvalue weighted by Crippen LogP contribution is 2.27. The Morgan fingerprint density at radius 2 is 2.15 bits per heavy atom. The topological polar surface area (TPSA) is 48.2 Å². The van der Waals surface area contributed by atoms with Crippen molar-refractivity contribution in [2.45, 2.75) is 37.5 Å². The molecule has 20 heavy (non-hydrogen) atoms. The number of hydrogen-bond donors (Lipinski definition) is 0. The fraction of sp³-hybridized carbons (Fsp3) is 0.467. The molecule has 3 rings (SSSR count). The molecule has 0 aliphatic carbocycles. The molecule has 5 heteroatoms. The standard InChI is InChI=1S/C15H18N2O2S/c1-11-6-2-3-8-13(11)14-16-17-15(19-14)20-10-12-7-4-5-9-18-12/h2-3,6,8,12H,4-5,7,9-10H2,1H3. The van der Waals surface area contributed by atoms with Gasteiger partial charge in [0.2, 0.25) is 5.89 Å². The van der Waals surface area contributed by atoms with Gasteiger partial charge < -0.3 is 9.15 Å². The summed E-state index contributed by atoms with van der Waals surface area (Å²) < 4.78 is 11.4. The van der Waals surface area contributed by atoms with Crippen LogP contribution in [0.25, 0.3) is 11.5 Å². The zero-order valence-electron chi connectivity index (χ0n) is 11.5. The van der Waals surface area contributed by atoms with Gasteiger partial charge in [0.1, 0.15) is 0 Å². The van der Waals surface area contributed by atoms with Gasteiger partial charge in [0.25, 0.3) is 5.22 Å². The molecular formula is C15H18N2O2S. The van der Waals surface area contributed by atoms with E-state index in [4.69, 9.17) is 9.15 Å². The molecule has 2 aromatic rings. The van der Waals surface area contributed by atoms with Crippen LogP contribution >= 0.6 is 11.8 Å². The van der Waals surface area contributed by atoms with E-state index in [1.807, 2.05) is 31.2 Å². The van der Waals surface area contributed by atoms with E-state index < -0.39 is 0 Å². The van der Waals surface area contributed by atoms with Crippen LogP contribution in [0.3, 0.4) is 0 Å². The maximum atomic E-state index is 5.73. The van der Waals surface area contributed by atoms with Crippen LogP contribution in [-0.4, -0.2) is 28.7 Å². The van der Waals surface area contributed by atoms with Crippen LogP contribution in [0.15, 0.2) is 33.9 Å². The molecule has 0 amide bonds. The molecule has 0 spiro atoms. The molecule has 0 radical (unpaired) electrons. The molecule has 0 bridgehead atoms. The molecule has 1 aliphatic rings. The van der Waals surface area contributed by atoms with Crippen LogP contribution in [0.2, 0.25) is 0 Å². The van der Waals surface area contributed by atoms with Crippen molar-refractivity contribution in [3.63, 3.8) is 0 Å². The van der Waals surface area contributed by atoms with E-state index in [0.29, 0.717) is 17.2 Å². The monoisotopic (exact) mass is 290 g/mol. The lowest BCUT2D eigenvalue weighted by Crippen LogP contribution is -2.21. The molecule has 4 nitrogen and oxygen atoms in total. The second kappa shape index (κ2) is 6.41. The third kappa shape index (κ3) is 3.22. The van der Waals surface area contributed by atoms with E-state index in [0.717, 1.165) is 29.9 Å². The summed E-state index contributed by atoms with van der Waals surface area (Å²) in [6.07, 6.45) is 3.89. The van der Waals surface area contributed by atoms with Crippen LogP contribution in [0, 0.1) is 6.92 Å². The van der Waals surface area contributed by atoms with Crippen LogP contribution in [0.4, 0.5) is 0 Å². The Morgan fingerprint density at radius 3 is 2.95 bits per heavy atom. The van der Waals surface area contributed by atoms with Crippen molar-refractivity contribution in [3.05, 3.63) is 29.8 Å². The number of aryl methyl sites for hydroxylation is 1. The van der Waals surface area contributed by atoms with Gasteiger partial charge in [0.05, 0.1) is 6.10 Å². The number of benzene rings is 1. The van der Waals surface area contributed by atoms with E-state index in [-0.39, 0.29) is 0 Å². The number of nitrogens with zero attached hydrogens (tertiary/aromatic N) is 2. The number of ether oxygens (including phenoxy) is 1. The molecule has 1 aliphatic heterocycles. The van der Waals surface area contributed by atoms with E-state index in [1.54, 1.807) is 11.8 Å². The number of thioether (sulfide) groups is 1. The SMILES string of the molecule is Cc1ccccc1-c1nnc(SCC2CCCCO2)o1. The van der Waals surface area contributed by atoms with E-state index in [2.05, 4.69) is 10.2 Å². The molecule has 106 valence electrons. The molecule has 1 unspecified atom stereocenters. The largest absolute Gasteiger partial charge is 0.411 e. The Kier molecular flexibility index (Phi) is 4.38. The third-order valence-electron chi connectivity index (χ3n) is 3.45. The maximum Gasteiger partial charge on any atom is 0.276 e. The van der Waals surface area contributed by atoms with Crippen LogP contribution < -0.4 is 0 Å². The summed E-state index contributed by atoms with van der Waals surface area (Å²) in [6.45, 7) is 2.92. The first kappa shape index (κ1) is 13.6. The average Bonchev–Trinajstić information content (AvgIpc) is 2.95. The molecule has 1 aromatic heterocycles. The van der Waals surface area contributed by atoms with Gasteiger partial charge in [-0.3, -0.25) is 0 Å². The Labute approximate surface area is 122 Å². The highest BCUT2D eigenvalue weighted by Gasteiger charge is 2.16. The number of hydrogen-bond acceptors (Lipinski definition) is 5. The van der Waals surface area contributed by atoms with Crippen molar-refractivity contribution in [2.75, 3.05) is 12.4 Å². The zero-order valence-corrected chi connectivity index (χ0v) is 12.4. The lowest BCUT2D eigenvalue weighted by molar-refractivity contribution is 0.0314. The first-order valence-corrected chi connectivity index (χ1v) is 7.95. The van der Waals surface area contributed by atoms with Crippen molar-refractivity contribution in [3.8, 4) is 11.5 Å². The summed E-state index contributed by atoms with van der Waals surface area (Å²) in [4.78, 5) is 0. The highest BCUT2D eigenvalue weighted by atomic mass is 32.2. The third-order valence-corrected chi connectivity index (χ3v) is 4.40. The number of aromatic nitrogens is 2. The van der Waals surface area contributed by atoms with Crippen LogP contribution in [-0.2, 0) is 4.74 Å². The Balaban J connectivity index is 1.63. The predicted octanol–water partition coefficient (Wildman–Crippen LogP) is 3.71. The molecule has 1 aromatic carbocycles. The fourth-order valence-corrected chi connectivity index (χ4v) is 3.12. The minimum atomic E-state index is 0.322. The van der Waals surface area contributed by atoms with Crippen molar-refractivity contribution in [1.82, 2.24) is 10.2 Å². The quantitative estimate of drug-likeness (QED) is 0.803. The lowest BCUT2D eigenvalue weighted by atomic mass is 10.1. The van der Waals surface area contributed by atoms with E-state index in [1.165, 1.54) is 12.8 Å². The van der Waals surface area contributed by atoms with Crippen molar-refractivity contribution in [1.29, 1.82) is 0 Å². The molecule has 1 saturated heterocycles. The Hall–Kier alpha value is -1.33. The first-order chi connectivity index (χ1) is 9.83. The predicted molar refractivity (Wildman–Crippen MR) is 78.8 cm³/mol. The lowest BCUT2D eigenvalue weighted by Gasteiger charge is -2.21. The van der Waals surface area contributed by atoms with Gasteiger partial charge in [-0.1, -0.05) is 30.0 Å². The summed E-state index contributed by atoms with van der Waals surface area (Å²) in [5.41, 5.74) is 2.14. The molecule has 0 N–H and O–H groups in total. The van der Waals surface area contributed by atoms with Gasteiger partial charge in [0.15, 0.2) is 0 Å². The summed E-state index contributed by atoms with van der Waals surface area (Å²) >= 11 is 1.58. The second-order valence-electron chi connectivity index (χ2n) is 4.99. The average molecular weight is 290 g/mol. The van der Waals surface area contributed by atoms with Gasteiger partial charge in [-0.05, 0) is 37.8 Å². The second-order valence-corrected chi connectivity index (χ2v) is 5.96. The van der Waals surface area contributed by atoms with Gasteiger partial charge in [-0.2, -0.15) is 0 Å². The van der Waals surface area contributed by atoms with E-state index >= 15 is 0 Å². The molecule has 2 heterocycles. The zero-order chi connectivity index (χ0) is 13.8. The number of rotatable bonds is 4. The summed E-state index contributed by atoms with van der Waals surface area (Å²) in [7, 11) is 0. The normalized spacial score (nSPS) is 19.1. The van der Waals surface area contributed by atoms with E-state index in [9.17, 15) is 0 Å². The van der Waals surface area contributed by atoms with Crippen LogP contribution in [0.5, 0.6) is 0 Å². The first-order valence-electron chi connectivity index (χ1n) is 6.97. The van der Waals surface area contributed by atoms with Crippen molar-refractivity contribution < 1.29 is 9.15 Å². The highest BCUT2D eigenvalue weighted by molar-refractivity contribution is 7.99. The summed E-state index contributed by atoms with van der Waals surface area (Å²) in [5.74, 6) is 1.48. The maximum absolute atomic E-state index is 5.73.